The minimum absolute atomic E-state index is 0.426. The molecular weight excluding hydrogens is 291 g/mol. The average molecular weight is 313 g/mol. The lowest BCUT2D eigenvalue weighted by molar-refractivity contribution is 0.391. The highest BCUT2D eigenvalue weighted by molar-refractivity contribution is 6.35. The standard InChI is InChI=1S/C16H22Cl2N2/c1-3-5-7-12(4-2)11-20-15(10-17)19-14-9-6-8-13(18)16(14)20/h6,8-9,12H,3-5,7,10-11H2,1-2H3. The molecule has 0 saturated heterocycles. The van der Waals surface area contributed by atoms with Gasteiger partial charge in [-0.2, -0.15) is 0 Å². The molecule has 2 aromatic rings. The Balaban J connectivity index is 2.36. The smallest absolute Gasteiger partial charge is 0.124 e. The number of unbranched alkanes of at least 4 members (excludes halogenated alkanes) is 1. The van der Waals surface area contributed by atoms with Crippen LogP contribution in [-0.4, -0.2) is 9.55 Å². The van der Waals surface area contributed by atoms with Gasteiger partial charge in [0, 0.05) is 6.54 Å². The van der Waals surface area contributed by atoms with Crippen LogP contribution < -0.4 is 0 Å². The van der Waals surface area contributed by atoms with Crippen molar-refractivity contribution in [1.82, 2.24) is 9.55 Å². The SMILES string of the molecule is CCCCC(CC)Cn1c(CCl)nc2cccc(Cl)c21. The summed E-state index contributed by atoms with van der Waals surface area (Å²) in [4.78, 5) is 4.61. The highest BCUT2D eigenvalue weighted by Gasteiger charge is 2.16. The fourth-order valence-corrected chi connectivity index (χ4v) is 3.14. The first-order chi connectivity index (χ1) is 9.71. The number of rotatable bonds is 7. The van der Waals surface area contributed by atoms with Gasteiger partial charge in [-0.15, -0.1) is 11.6 Å². The number of benzene rings is 1. The second-order valence-corrected chi connectivity index (χ2v) is 5.97. The van der Waals surface area contributed by atoms with Gasteiger partial charge in [0.25, 0.3) is 0 Å². The Hall–Kier alpha value is -0.730. The van der Waals surface area contributed by atoms with Gasteiger partial charge in [-0.25, -0.2) is 4.98 Å². The van der Waals surface area contributed by atoms with Crippen LogP contribution >= 0.6 is 23.2 Å². The van der Waals surface area contributed by atoms with Crippen molar-refractivity contribution in [2.75, 3.05) is 0 Å². The van der Waals surface area contributed by atoms with Crippen LogP contribution in [0.2, 0.25) is 5.02 Å². The Morgan fingerprint density at radius 3 is 2.75 bits per heavy atom. The molecule has 1 atom stereocenters. The first-order valence-electron chi connectivity index (χ1n) is 7.40. The highest BCUT2D eigenvalue weighted by atomic mass is 35.5. The van der Waals surface area contributed by atoms with E-state index in [4.69, 9.17) is 23.2 Å². The molecular formula is C16H22Cl2N2. The van der Waals surface area contributed by atoms with Crippen LogP contribution in [0.4, 0.5) is 0 Å². The van der Waals surface area contributed by atoms with E-state index in [1.807, 2.05) is 18.2 Å². The van der Waals surface area contributed by atoms with Crippen molar-refractivity contribution in [3.05, 3.63) is 29.0 Å². The Bertz CT molecular complexity index is 563. The molecule has 1 unspecified atom stereocenters. The van der Waals surface area contributed by atoms with Crippen molar-refractivity contribution in [3.63, 3.8) is 0 Å². The van der Waals surface area contributed by atoms with Crippen molar-refractivity contribution in [2.24, 2.45) is 5.92 Å². The first-order valence-corrected chi connectivity index (χ1v) is 8.32. The number of aromatic nitrogens is 2. The molecule has 110 valence electrons. The summed E-state index contributed by atoms with van der Waals surface area (Å²) in [7, 11) is 0. The number of alkyl halides is 1. The summed E-state index contributed by atoms with van der Waals surface area (Å²) < 4.78 is 2.22. The zero-order valence-electron chi connectivity index (χ0n) is 12.2. The summed E-state index contributed by atoms with van der Waals surface area (Å²) in [5, 5.41) is 0.761. The van der Waals surface area contributed by atoms with Gasteiger partial charge in [0.15, 0.2) is 0 Å². The predicted octanol–water partition coefficient (Wildman–Crippen LogP) is 5.64. The van der Waals surface area contributed by atoms with Crippen LogP contribution in [0, 0.1) is 5.92 Å². The van der Waals surface area contributed by atoms with E-state index in [0.717, 1.165) is 28.4 Å². The van der Waals surface area contributed by atoms with Crippen molar-refractivity contribution in [2.45, 2.75) is 52.0 Å². The maximum absolute atomic E-state index is 6.36. The van der Waals surface area contributed by atoms with Crippen LogP contribution in [0.25, 0.3) is 11.0 Å². The number of fused-ring (bicyclic) bond motifs is 1. The van der Waals surface area contributed by atoms with Crippen LogP contribution in [0.1, 0.15) is 45.4 Å². The molecule has 4 heteroatoms. The highest BCUT2D eigenvalue weighted by Crippen LogP contribution is 2.27. The van der Waals surface area contributed by atoms with E-state index in [9.17, 15) is 0 Å². The molecule has 0 aliphatic heterocycles. The lowest BCUT2D eigenvalue weighted by atomic mass is 9.99. The molecule has 2 rings (SSSR count). The minimum atomic E-state index is 0.426. The van der Waals surface area contributed by atoms with Crippen molar-refractivity contribution in [3.8, 4) is 0 Å². The third-order valence-corrected chi connectivity index (χ3v) is 4.44. The predicted molar refractivity (Wildman–Crippen MR) is 87.6 cm³/mol. The van der Waals surface area contributed by atoms with Crippen LogP contribution in [0.15, 0.2) is 18.2 Å². The van der Waals surface area contributed by atoms with Crippen LogP contribution in [-0.2, 0) is 12.4 Å². The van der Waals surface area contributed by atoms with E-state index in [0.29, 0.717) is 11.8 Å². The topological polar surface area (TPSA) is 17.8 Å². The Morgan fingerprint density at radius 1 is 1.30 bits per heavy atom. The average Bonchev–Trinajstić information content (AvgIpc) is 2.82. The first kappa shape index (κ1) is 15.7. The van der Waals surface area contributed by atoms with E-state index < -0.39 is 0 Å². The number of hydrogen-bond donors (Lipinski definition) is 0. The molecule has 0 bridgehead atoms. The summed E-state index contributed by atoms with van der Waals surface area (Å²) in [5.41, 5.74) is 1.97. The van der Waals surface area contributed by atoms with E-state index in [-0.39, 0.29) is 0 Å². The lowest BCUT2D eigenvalue weighted by Crippen LogP contribution is -2.12. The Kier molecular flexibility index (Phi) is 5.74. The fraction of sp³-hybridized carbons (Fsp3) is 0.562. The number of nitrogens with zero attached hydrogens (tertiary/aromatic N) is 2. The van der Waals surface area contributed by atoms with Crippen molar-refractivity contribution < 1.29 is 0 Å². The van der Waals surface area contributed by atoms with Gasteiger partial charge in [-0.3, -0.25) is 0 Å². The van der Waals surface area contributed by atoms with Gasteiger partial charge in [0.05, 0.1) is 21.9 Å². The summed E-state index contributed by atoms with van der Waals surface area (Å²) in [6.45, 7) is 5.45. The molecule has 0 fully saturated rings. The number of para-hydroxylation sites is 1. The molecule has 0 aliphatic rings. The van der Waals surface area contributed by atoms with Gasteiger partial charge in [0.2, 0.25) is 0 Å². The van der Waals surface area contributed by atoms with Gasteiger partial charge >= 0.3 is 0 Å². The maximum Gasteiger partial charge on any atom is 0.124 e. The third-order valence-electron chi connectivity index (χ3n) is 3.90. The molecule has 0 N–H and O–H groups in total. The summed E-state index contributed by atoms with van der Waals surface area (Å²) >= 11 is 12.4. The zero-order valence-corrected chi connectivity index (χ0v) is 13.7. The van der Waals surface area contributed by atoms with Crippen LogP contribution in [0.3, 0.4) is 0 Å². The molecule has 1 aromatic carbocycles. The van der Waals surface area contributed by atoms with E-state index >= 15 is 0 Å². The molecule has 20 heavy (non-hydrogen) atoms. The van der Waals surface area contributed by atoms with Gasteiger partial charge in [0.1, 0.15) is 5.82 Å². The van der Waals surface area contributed by atoms with E-state index in [1.54, 1.807) is 0 Å². The number of hydrogen-bond acceptors (Lipinski definition) is 1. The van der Waals surface area contributed by atoms with Crippen molar-refractivity contribution >= 4 is 34.2 Å². The summed E-state index contributed by atoms with van der Waals surface area (Å²) in [5.74, 6) is 2.00. The molecule has 0 spiro atoms. The lowest BCUT2D eigenvalue weighted by Gasteiger charge is -2.17. The molecule has 2 nitrogen and oxygen atoms in total. The van der Waals surface area contributed by atoms with Crippen molar-refractivity contribution in [1.29, 1.82) is 0 Å². The molecule has 1 aromatic heterocycles. The molecule has 0 radical (unpaired) electrons. The summed E-state index contributed by atoms with van der Waals surface area (Å²) in [6.07, 6.45) is 4.93. The number of halogens is 2. The second-order valence-electron chi connectivity index (χ2n) is 5.30. The largest absolute Gasteiger partial charge is 0.325 e. The van der Waals surface area contributed by atoms with Gasteiger partial charge < -0.3 is 4.57 Å². The minimum Gasteiger partial charge on any atom is -0.325 e. The molecule has 0 saturated carbocycles. The van der Waals surface area contributed by atoms with Gasteiger partial charge in [-0.05, 0) is 24.5 Å². The summed E-state index contributed by atoms with van der Waals surface area (Å²) in [6, 6.07) is 5.86. The molecule has 0 amide bonds. The third kappa shape index (κ3) is 3.29. The second kappa shape index (κ2) is 7.33. The van der Waals surface area contributed by atoms with Gasteiger partial charge in [-0.1, -0.05) is 50.8 Å². The fourth-order valence-electron chi connectivity index (χ4n) is 2.66. The quantitative estimate of drug-likeness (QED) is 0.604. The van der Waals surface area contributed by atoms with E-state index in [2.05, 4.69) is 23.4 Å². The van der Waals surface area contributed by atoms with Crippen LogP contribution in [0.5, 0.6) is 0 Å². The normalized spacial score (nSPS) is 13.0. The van der Waals surface area contributed by atoms with E-state index in [1.165, 1.54) is 25.7 Å². The molecule has 0 aliphatic carbocycles. The molecule has 1 heterocycles. The monoisotopic (exact) mass is 312 g/mol. The maximum atomic E-state index is 6.36. The number of imidazole rings is 1. The Morgan fingerprint density at radius 2 is 2.10 bits per heavy atom. The Labute approximate surface area is 131 Å². The zero-order chi connectivity index (χ0) is 14.5.